The maximum absolute atomic E-state index is 11.9. The van der Waals surface area contributed by atoms with Crippen LogP contribution in [-0.2, 0) is 0 Å². The van der Waals surface area contributed by atoms with Gasteiger partial charge in [-0.15, -0.1) is 0 Å². The molecule has 0 saturated carbocycles. The second kappa shape index (κ2) is 6.22. The van der Waals surface area contributed by atoms with Gasteiger partial charge >= 0.3 is 0 Å². The minimum atomic E-state index is -0.461. The maximum Gasteiger partial charge on any atom is 0.270 e. The van der Waals surface area contributed by atoms with Crippen molar-refractivity contribution in [2.24, 2.45) is 0 Å². The van der Waals surface area contributed by atoms with Crippen molar-refractivity contribution in [2.75, 3.05) is 32.1 Å². The average Bonchev–Trinajstić information content (AvgIpc) is 2.84. The Hall–Kier alpha value is -1.95. The van der Waals surface area contributed by atoms with E-state index < -0.39 is 4.92 Å². The number of Topliss-reactive ketones (excluding diaryl/α,β-unsaturated/α-hetero) is 1. The molecule has 6 nitrogen and oxygen atoms in total. The first kappa shape index (κ1) is 15.4. The highest BCUT2D eigenvalue weighted by Crippen LogP contribution is 2.31. The topological polar surface area (TPSA) is 66.7 Å². The summed E-state index contributed by atoms with van der Waals surface area (Å²) in [5.74, 6) is -0.135. The zero-order valence-electron chi connectivity index (χ0n) is 12.7. The number of nitro benzene ring substituents is 1. The summed E-state index contributed by atoms with van der Waals surface area (Å²) in [5, 5.41) is 10.9. The number of likely N-dealkylation sites (N-methyl/N-ethyl adjacent to an activating group) is 1. The highest BCUT2D eigenvalue weighted by atomic mass is 16.6. The van der Waals surface area contributed by atoms with Gasteiger partial charge in [0.1, 0.15) is 0 Å². The van der Waals surface area contributed by atoms with Crippen LogP contribution in [0.4, 0.5) is 11.4 Å². The normalized spacial score (nSPS) is 18.3. The van der Waals surface area contributed by atoms with E-state index in [0.29, 0.717) is 11.6 Å². The summed E-state index contributed by atoms with van der Waals surface area (Å²) in [5.41, 5.74) is 1.22. The van der Waals surface area contributed by atoms with Crippen LogP contribution in [-0.4, -0.2) is 48.8 Å². The number of carbonyl (C=O) groups is 1. The molecule has 0 spiro atoms. The van der Waals surface area contributed by atoms with E-state index in [-0.39, 0.29) is 11.5 Å². The molecular formula is C15H21N3O3. The Morgan fingerprint density at radius 1 is 1.48 bits per heavy atom. The molecule has 0 bridgehead atoms. The summed E-state index contributed by atoms with van der Waals surface area (Å²) in [6, 6.07) is 4.93. The first-order chi connectivity index (χ1) is 9.90. The smallest absolute Gasteiger partial charge is 0.270 e. The van der Waals surface area contributed by atoms with E-state index in [1.54, 1.807) is 6.07 Å². The number of non-ortho nitro benzene ring substituents is 1. The molecule has 1 saturated heterocycles. The van der Waals surface area contributed by atoms with Crippen molar-refractivity contribution < 1.29 is 9.72 Å². The van der Waals surface area contributed by atoms with Gasteiger partial charge in [-0.3, -0.25) is 14.9 Å². The predicted molar refractivity (Wildman–Crippen MR) is 82.0 cm³/mol. The SMILES string of the molecule is CC(=O)c1cc([N+](=O)[O-])ccc1N1CCCC1CN(C)C. The third-order valence-corrected chi connectivity index (χ3v) is 3.83. The van der Waals surface area contributed by atoms with Crippen LogP contribution in [0.1, 0.15) is 30.1 Å². The van der Waals surface area contributed by atoms with Crippen molar-refractivity contribution in [3.8, 4) is 0 Å². The van der Waals surface area contributed by atoms with Gasteiger partial charge in [0.15, 0.2) is 5.78 Å². The Morgan fingerprint density at radius 3 is 2.76 bits per heavy atom. The molecule has 114 valence electrons. The molecule has 6 heteroatoms. The Bertz CT molecular complexity index is 557. The largest absolute Gasteiger partial charge is 0.367 e. The lowest BCUT2D eigenvalue weighted by Gasteiger charge is -2.30. The Morgan fingerprint density at radius 2 is 2.19 bits per heavy atom. The van der Waals surface area contributed by atoms with Gasteiger partial charge in [0.05, 0.1) is 4.92 Å². The highest BCUT2D eigenvalue weighted by Gasteiger charge is 2.28. The summed E-state index contributed by atoms with van der Waals surface area (Å²) >= 11 is 0. The van der Waals surface area contributed by atoms with E-state index in [0.717, 1.165) is 31.6 Å². The zero-order chi connectivity index (χ0) is 15.6. The average molecular weight is 291 g/mol. The first-order valence-corrected chi connectivity index (χ1v) is 7.11. The van der Waals surface area contributed by atoms with Crippen LogP contribution in [0.2, 0.25) is 0 Å². The second-order valence-corrected chi connectivity index (χ2v) is 5.77. The molecule has 0 aliphatic carbocycles. The van der Waals surface area contributed by atoms with Gasteiger partial charge in [-0.2, -0.15) is 0 Å². The molecule has 0 radical (unpaired) electrons. The molecule has 2 rings (SSSR count). The molecule has 0 N–H and O–H groups in total. The number of anilines is 1. The van der Waals surface area contributed by atoms with Crippen LogP contribution in [0.25, 0.3) is 0 Å². The number of carbonyl (C=O) groups excluding carboxylic acids is 1. The number of hydrogen-bond acceptors (Lipinski definition) is 5. The molecule has 0 amide bonds. The molecule has 1 aliphatic rings. The van der Waals surface area contributed by atoms with Crippen molar-refractivity contribution in [3.63, 3.8) is 0 Å². The van der Waals surface area contributed by atoms with Crippen molar-refractivity contribution in [1.82, 2.24) is 4.90 Å². The maximum atomic E-state index is 11.9. The van der Waals surface area contributed by atoms with Gasteiger partial charge in [-0.1, -0.05) is 0 Å². The zero-order valence-corrected chi connectivity index (χ0v) is 12.7. The van der Waals surface area contributed by atoms with E-state index in [1.807, 2.05) is 14.1 Å². The molecule has 21 heavy (non-hydrogen) atoms. The molecule has 1 unspecified atom stereocenters. The van der Waals surface area contributed by atoms with Crippen LogP contribution >= 0.6 is 0 Å². The standard InChI is InChI=1S/C15H21N3O3/c1-11(19)14-9-12(18(20)21)6-7-15(14)17-8-4-5-13(17)10-16(2)3/h6-7,9,13H,4-5,8,10H2,1-3H3. The third-order valence-electron chi connectivity index (χ3n) is 3.83. The minimum Gasteiger partial charge on any atom is -0.367 e. The fourth-order valence-corrected chi connectivity index (χ4v) is 2.93. The molecule has 1 atom stereocenters. The van der Waals surface area contributed by atoms with Gasteiger partial charge in [-0.05, 0) is 39.9 Å². The van der Waals surface area contributed by atoms with Gasteiger partial charge < -0.3 is 9.80 Å². The number of nitrogens with zero attached hydrogens (tertiary/aromatic N) is 3. The van der Waals surface area contributed by atoms with Gasteiger partial charge in [0.25, 0.3) is 5.69 Å². The van der Waals surface area contributed by atoms with E-state index in [9.17, 15) is 14.9 Å². The Labute approximate surface area is 124 Å². The minimum absolute atomic E-state index is 0.0349. The Balaban J connectivity index is 2.38. The molecule has 0 aromatic heterocycles. The first-order valence-electron chi connectivity index (χ1n) is 7.11. The molecule has 1 aliphatic heterocycles. The summed E-state index contributed by atoms with van der Waals surface area (Å²) in [7, 11) is 4.05. The summed E-state index contributed by atoms with van der Waals surface area (Å²) in [6.45, 7) is 3.25. The van der Waals surface area contributed by atoms with E-state index in [2.05, 4.69) is 9.80 Å². The fourth-order valence-electron chi connectivity index (χ4n) is 2.93. The summed E-state index contributed by atoms with van der Waals surface area (Å²) < 4.78 is 0. The lowest BCUT2D eigenvalue weighted by molar-refractivity contribution is -0.384. The van der Waals surface area contributed by atoms with E-state index in [1.165, 1.54) is 19.1 Å². The highest BCUT2D eigenvalue weighted by molar-refractivity contribution is 6.00. The van der Waals surface area contributed by atoms with E-state index in [4.69, 9.17) is 0 Å². The molecular weight excluding hydrogens is 270 g/mol. The van der Waals surface area contributed by atoms with Crippen molar-refractivity contribution in [2.45, 2.75) is 25.8 Å². The number of rotatable bonds is 5. The number of ketones is 1. The van der Waals surface area contributed by atoms with Crippen LogP contribution < -0.4 is 4.90 Å². The van der Waals surface area contributed by atoms with Crippen molar-refractivity contribution >= 4 is 17.2 Å². The molecule has 1 aromatic rings. The second-order valence-electron chi connectivity index (χ2n) is 5.77. The van der Waals surface area contributed by atoms with Crippen LogP contribution in [0.15, 0.2) is 18.2 Å². The number of nitro groups is 1. The molecule has 1 fully saturated rings. The van der Waals surface area contributed by atoms with E-state index >= 15 is 0 Å². The van der Waals surface area contributed by atoms with Crippen LogP contribution in [0.5, 0.6) is 0 Å². The van der Waals surface area contributed by atoms with Crippen molar-refractivity contribution in [3.05, 3.63) is 33.9 Å². The summed E-state index contributed by atoms with van der Waals surface area (Å²) in [4.78, 5) is 26.6. The van der Waals surface area contributed by atoms with Crippen LogP contribution in [0.3, 0.4) is 0 Å². The molecule has 1 aromatic carbocycles. The lowest BCUT2D eigenvalue weighted by Crippen LogP contribution is -2.38. The lowest BCUT2D eigenvalue weighted by atomic mass is 10.1. The molecule has 1 heterocycles. The van der Waals surface area contributed by atoms with Gasteiger partial charge in [-0.25, -0.2) is 0 Å². The van der Waals surface area contributed by atoms with Crippen LogP contribution in [0, 0.1) is 10.1 Å². The van der Waals surface area contributed by atoms with Gasteiger partial charge in [0, 0.05) is 42.5 Å². The fraction of sp³-hybridized carbons (Fsp3) is 0.533. The predicted octanol–water partition coefficient (Wildman–Crippen LogP) is 2.33. The number of hydrogen-bond donors (Lipinski definition) is 0. The number of benzene rings is 1. The van der Waals surface area contributed by atoms with Crippen molar-refractivity contribution in [1.29, 1.82) is 0 Å². The monoisotopic (exact) mass is 291 g/mol. The Kier molecular flexibility index (Phi) is 4.57. The quantitative estimate of drug-likeness (QED) is 0.473. The van der Waals surface area contributed by atoms with Gasteiger partial charge in [0.2, 0.25) is 0 Å². The summed E-state index contributed by atoms with van der Waals surface area (Å²) in [6.07, 6.45) is 2.15. The third kappa shape index (κ3) is 3.39.